The maximum Gasteiger partial charge on any atom is 0.198 e. The molecule has 0 aromatic carbocycles. The first-order valence-electron chi connectivity index (χ1n) is 7.39. The summed E-state index contributed by atoms with van der Waals surface area (Å²) in [7, 11) is 4.80. The summed E-state index contributed by atoms with van der Waals surface area (Å²) in [6.45, 7) is 1.86. The van der Waals surface area contributed by atoms with E-state index in [-0.39, 0.29) is 11.8 Å². The normalized spacial score (nSPS) is 26.7. The molecule has 0 saturated heterocycles. The zero-order chi connectivity index (χ0) is 17.0. The largest absolute Gasteiger partial charge is 0.497 e. The van der Waals surface area contributed by atoms with E-state index in [2.05, 4.69) is 27.9 Å². The highest BCUT2D eigenvalue weighted by atomic mass is 127. The first-order chi connectivity index (χ1) is 11.0. The fraction of sp³-hybridized carbons (Fsp3) is 0.471. The minimum atomic E-state index is -0.0158. The summed E-state index contributed by atoms with van der Waals surface area (Å²) in [5.41, 5.74) is 1.61. The maximum atomic E-state index is 12.2. The lowest BCUT2D eigenvalue weighted by Gasteiger charge is -2.25. The van der Waals surface area contributed by atoms with Crippen molar-refractivity contribution in [3.05, 3.63) is 46.8 Å². The van der Waals surface area contributed by atoms with Gasteiger partial charge in [0.1, 0.15) is 5.76 Å². The van der Waals surface area contributed by atoms with Crippen LogP contribution in [0.5, 0.6) is 0 Å². The van der Waals surface area contributed by atoms with Crippen molar-refractivity contribution in [3.63, 3.8) is 0 Å². The molecule has 6 heteroatoms. The number of nitrogens with one attached hydrogen (secondary N) is 1. The minimum absolute atomic E-state index is 0.0158. The quantitative estimate of drug-likeness (QED) is 0.412. The SMILES string of the molecule is COC1=CC(NC=C2CC(I)C=C(C)C2=O)CC(OC)=C1OC. The highest BCUT2D eigenvalue weighted by molar-refractivity contribution is 14.1. The summed E-state index contributed by atoms with van der Waals surface area (Å²) >= 11 is 2.34. The summed E-state index contributed by atoms with van der Waals surface area (Å²) in [6.07, 6.45) is 7.15. The van der Waals surface area contributed by atoms with Crippen LogP contribution < -0.4 is 5.32 Å². The lowest BCUT2D eigenvalue weighted by Crippen LogP contribution is -2.29. The van der Waals surface area contributed by atoms with E-state index < -0.39 is 0 Å². The molecule has 0 heterocycles. The third-order valence-corrected chi connectivity index (χ3v) is 4.67. The van der Waals surface area contributed by atoms with Crippen molar-refractivity contribution >= 4 is 28.4 Å². The number of allylic oxidation sites excluding steroid dienone is 3. The van der Waals surface area contributed by atoms with Crippen molar-refractivity contribution in [1.82, 2.24) is 5.32 Å². The van der Waals surface area contributed by atoms with Crippen molar-refractivity contribution in [2.24, 2.45) is 0 Å². The van der Waals surface area contributed by atoms with E-state index in [0.717, 1.165) is 23.3 Å². The van der Waals surface area contributed by atoms with Crippen LogP contribution >= 0.6 is 22.6 Å². The highest BCUT2D eigenvalue weighted by Crippen LogP contribution is 2.28. The van der Waals surface area contributed by atoms with Crippen LogP contribution in [0.25, 0.3) is 0 Å². The van der Waals surface area contributed by atoms with Crippen molar-refractivity contribution in [3.8, 4) is 0 Å². The number of halogens is 1. The zero-order valence-electron chi connectivity index (χ0n) is 13.8. The fourth-order valence-corrected chi connectivity index (χ4v) is 3.71. The van der Waals surface area contributed by atoms with Gasteiger partial charge in [-0.2, -0.15) is 0 Å². The molecule has 2 aliphatic carbocycles. The number of hydrogen-bond donors (Lipinski definition) is 1. The predicted molar refractivity (Wildman–Crippen MR) is 96.9 cm³/mol. The van der Waals surface area contributed by atoms with Crippen molar-refractivity contribution in [2.75, 3.05) is 21.3 Å². The van der Waals surface area contributed by atoms with Gasteiger partial charge in [-0.15, -0.1) is 0 Å². The van der Waals surface area contributed by atoms with E-state index in [4.69, 9.17) is 14.2 Å². The smallest absolute Gasteiger partial charge is 0.198 e. The van der Waals surface area contributed by atoms with Crippen LogP contribution in [-0.2, 0) is 19.0 Å². The molecule has 1 N–H and O–H groups in total. The number of carbonyl (C=O) groups excluding carboxylic acids is 1. The Morgan fingerprint density at radius 2 is 1.91 bits per heavy atom. The lowest BCUT2D eigenvalue weighted by atomic mass is 9.94. The molecular formula is C17H22INO4. The fourth-order valence-electron chi connectivity index (χ4n) is 2.70. The number of rotatable bonds is 5. The van der Waals surface area contributed by atoms with Crippen LogP contribution in [-0.4, -0.2) is 37.1 Å². The maximum absolute atomic E-state index is 12.2. The van der Waals surface area contributed by atoms with Gasteiger partial charge in [-0.3, -0.25) is 4.79 Å². The third-order valence-electron chi connectivity index (χ3n) is 3.87. The summed E-state index contributed by atoms with van der Waals surface area (Å²) in [4.78, 5) is 12.2. The number of alkyl halides is 1. The van der Waals surface area contributed by atoms with E-state index in [9.17, 15) is 4.79 Å². The van der Waals surface area contributed by atoms with Gasteiger partial charge in [-0.25, -0.2) is 0 Å². The molecule has 5 nitrogen and oxygen atoms in total. The molecule has 0 amide bonds. The predicted octanol–water partition coefficient (Wildman–Crippen LogP) is 2.99. The van der Waals surface area contributed by atoms with Crippen LogP contribution in [0.15, 0.2) is 46.8 Å². The summed E-state index contributed by atoms with van der Waals surface area (Å²) < 4.78 is 16.5. The average molecular weight is 431 g/mol. The number of ketones is 1. The van der Waals surface area contributed by atoms with Crippen molar-refractivity contribution < 1.29 is 19.0 Å². The van der Waals surface area contributed by atoms with Gasteiger partial charge >= 0.3 is 0 Å². The van der Waals surface area contributed by atoms with E-state index in [1.54, 1.807) is 21.3 Å². The Morgan fingerprint density at radius 3 is 2.52 bits per heavy atom. The van der Waals surface area contributed by atoms with E-state index in [0.29, 0.717) is 21.9 Å². The van der Waals surface area contributed by atoms with Crippen LogP contribution in [0.3, 0.4) is 0 Å². The number of methoxy groups -OCH3 is 3. The molecule has 0 aromatic heterocycles. The van der Waals surface area contributed by atoms with Crippen LogP contribution in [0, 0.1) is 0 Å². The second kappa shape index (κ2) is 7.90. The average Bonchev–Trinajstić information content (AvgIpc) is 2.55. The van der Waals surface area contributed by atoms with Gasteiger partial charge in [0.25, 0.3) is 0 Å². The molecular weight excluding hydrogens is 409 g/mol. The van der Waals surface area contributed by atoms with Crippen molar-refractivity contribution in [1.29, 1.82) is 0 Å². The number of hydrogen-bond acceptors (Lipinski definition) is 5. The zero-order valence-corrected chi connectivity index (χ0v) is 16.0. The van der Waals surface area contributed by atoms with E-state index >= 15 is 0 Å². The Balaban J connectivity index is 2.14. The summed E-state index contributed by atoms with van der Waals surface area (Å²) in [6, 6.07) is -0.0158. The molecule has 2 aliphatic rings. The standard InChI is InChI=1S/C17H22INO4/c1-10-5-12(18)6-11(16(10)20)9-19-13-7-14(21-2)17(23-4)15(8-13)22-3/h5,7,9,12-13,19H,6,8H2,1-4H3. The summed E-state index contributed by atoms with van der Waals surface area (Å²) in [5, 5.41) is 3.30. The molecule has 0 radical (unpaired) electrons. The molecule has 2 atom stereocenters. The summed E-state index contributed by atoms with van der Waals surface area (Å²) in [5.74, 6) is 2.07. The van der Waals surface area contributed by atoms with Crippen LogP contribution in [0.2, 0.25) is 0 Å². The monoisotopic (exact) mass is 431 g/mol. The second-order valence-corrected chi connectivity index (χ2v) is 7.04. The molecule has 0 aliphatic heterocycles. The van der Waals surface area contributed by atoms with Gasteiger partial charge < -0.3 is 19.5 Å². The highest BCUT2D eigenvalue weighted by Gasteiger charge is 2.25. The molecule has 126 valence electrons. The van der Waals surface area contributed by atoms with Crippen molar-refractivity contribution in [2.45, 2.75) is 29.7 Å². The molecule has 0 aromatic rings. The lowest BCUT2D eigenvalue weighted by molar-refractivity contribution is -0.112. The van der Waals surface area contributed by atoms with Crippen LogP contribution in [0.4, 0.5) is 0 Å². The number of Topliss-reactive ketones (excluding diaryl/α,β-unsaturated/α-hetero) is 1. The number of ether oxygens (including phenoxy) is 3. The molecule has 0 spiro atoms. The third kappa shape index (κ3) is 4.10. The van der Waals surface area contributed by atoms with E-state index in [1.807, 2.05) is 25.3 Å². The number of carbonyl (C=O) groups is 1. The molecule has 2 rings (SSSR count). The Morgan fingerprint density at radius 1 is 1.17 bits per heavy atom. The van der Waals surface area contributed by atoms with Gasteiger partial charge in [-0.1, -0.05) is 28.7 Å². The Labute approximate surface area is 150 Å². The Hall–Kier alpha value is -1.44. The van der Waals surface area contributed by atoms with Gasteiger partial charge in [-0.05, 0) is 25.0 Å². The topological polar surface area (TPSA) is 56.8 Å². The Bertz CT molecular complexity index is 604. The Kier molecular flexibility index (Phi) is 6.15. The minimum Gasteiger partial charge on any atom is -0.497 e. The van der Waals surface area contributed by atoms with Gasteiger partial charge in [0.05, 0.1) is 27.4 Å². The molecule has 23 heavy (non-hydrogen) atoms. The first-order valence-corrected chi connectivity index (χ1v) is 8.64. The molecule has 2 unspecified atom stereocenters. The molecule has 0 bridgehead atoms. The van der Waals surface area contributed by atoms with Gasteiger partial charge in [0.15, 0.2) is 17.3 Å². The first kappa shape index (κ1) is 17.9. The van der Waals surface area contributed by atoms with Crippen LogP contribution in [0.1, 0.15) is 19.8 Å². The van der Waals surface area contributed by atoms with Gasteiger partial charge in [0, 0.05) is 22.1 Å². The van der Waals surface area contributed by atoms with Gasteiger partial charge in [0.2, 0.25) is 0 Å². The molecule has 0 saturated carbocycles. The van der Waals surface area contributed by atoms with E-state index in [1.165, 1.54) is 0 Å². The molecule has 0 fully saturated rings. The second-order valence-electron chi connectivity index (χ2n) is 5.44.